The highest BCUT2D eigenvalue weighted by atomic mass is 16.5. The lowest BCUT2D eigenvalue weighted by Crippen LogP contribution is -2.12. The predicted molar refractivity (Wildman–Crippen MR) is 88.7 cm³/mol. The highest BCUT2D eigenvalue weighted by Crippen LogP contribution is 2.21. The number of H-pyrrole nitrogens is 1. The van der Waals surface area contributed by atoms with Crippen molar-refractivity contribution in [3.8, 4) is 22.9 Å². The average molecular weight is 335 g/mol. The van der Waals surface area contributed by atoms with Crippen molar-refractivity contribution < 1.29 is 13.7 Å². The fraction of sp³-hybridized carbons (Fsp3) is 0.0588. The summed E-state index contributed by atoms with van der Waals surface area (Å²) >= 11 is 0. The normalized spacial score (nSPS) is 10.8. The number of carbonyl (C=O) groups is 1. The van der Waals surface area contributed by atoms with Gasteiger partial charge in [0.2, 0.25) is 0 Å². The number of rotatable bonds is 4. The zero-order valence-corrected chi connectivity index (χ0v) is 13.2. The summed E-state index contributed by atoms with van der Waals surface area (Å²) in [6.07, 6.45) is 1.56. The minimum Gasteiger partial charge on any atom is -0.463 e. The first-order valence-corrected chi connectivity index (χ1v) is 7.50. The van der Waals surface area contributed by atoms with Crippen LogP contribution >= 0.6 is 0 Å². The molecule has 0 aliphatic carbocycles. The van der Waals surface area contributed by atoms with E-state index in [0.29, 0.717) is 28.9 Å². The largest absolute Gasteiger partial charge is 0.463 e. The van der Waals surface area contributed by atoms with Crippen molar-refractivity contribution >= 4 is 11.6 Å². The Morgan fingerprint density at radius 1 is 1.20 bits per heavy atom. The van der Waals surface area contributed by atoms with Crippen LogP contribution in [0.4, 0.5) is 5.69 Å². The number of furan rings is 1. The lowest BCUT2D eigenvalue weighted by molar-refractivity contribution is 0.102. The Hall–Kier alpha value is -3.68. The van der Waals surface area contributed by atoms with Crippen molar-refractivity contribution in [1.82, 2.24) is 20.3 Å². The zero-order valence-electron chi connectivity index (χ0n) is 13.2. The third kappa shape index (κ3) is 3.05. The zero-order chi connectivity index (χ0) is 17.2. The molecule has 0 spiro atoms. The monoisotopic (exact) mass is 335 g/mol. The standard InChI is InChI=1S/C17H13N5O3/c1-10-18-17(25-22-10)11-4-6-12(7-5-11)19-16(23)14-9-13(20-21-14)15-3-2-8-24-15/h2-9H,1H3,(H,19,23)(H,20,21). The van der Waals surface area contributed by atoms with Crippen LogP contribution in [0.25, 0.3) is 22.9 Å². The molecule has 0 bridgehead atoms. The van der Waals surface area contributed by atoms with Crippen LogP contribution in [0.3, 0.4) is 0 Å². The Balaban J connectivity index is 1.47. The summed E-state index contributed by atoms with van der Waals surface area (Å²) in [6, 6.07) is 12.3. The van der Waals surface area contributed by atoms with E-state index in [1.807, 2.05) is 0 Å². The van der Waals surface area contributed by atoms with Crippen LogP contribution in [-0.4, -0.2) is 26.2 Å². The molecule has 0 atom stereocenters. The Bertz CT molecular complexity index is 999. The molecular weight excluding hydrogens is 322 g/mol. The van der Waals surface area contributed by atoms with E-state index in [4.69, 9.17) is 8.94 Å². The molecule has 0 saturated heterocycles. The molecule has 4 rings (SSSR count). The van der Waals surface area contributed by atoms with Gasteiger partial charge in [-0.2, -0.15) is 10.1 Å². The van der Waals surface area contributed by atoms with Crippen molar-refractivity contribution in [3.05, 3.63) is 60.2 Å². The summed E-state index contributed by atoms with van der Waals surface area (Å²) in [6.45, 7) is 1.75. The van der Waals surface area contributed by atoms with Crippen molar-refractivity contribution in [3.63, 3.8) is 0 Å². The molecule has 1 amide bonds. The third-order valence-corrected chi connectivity index (χ3v) is 3.51. The maximum Gasteiger partial charge on any atom is 0.276 e. The number of anilines is 1. The van der Waals surface area contributed by atoms with E-state index < -0.39 is 0 Å². The third-order valence-electron chi connectivity index (χ3n) is 3.51. The molecule has 0 radical (unpaired) electrons. The van der Waals surface area contributed by atoms with Gasteiger partial charge in [-0.3, -0.25) is 9.89 Å². The van der Waals surface area contributed by atoms with Gasteiger partial charge in [-0.25, -0.2) is 0 Å². The Kier molecular flexibility index (Phi) is 3.62. The number of amides is 1. The van der Waals surface area contributed by atoms with Crippen LogP contribution < -0.4 is 5.32 Å². The Labute approximate surface area is 141 Å². The number of hydrogen-bond acceptors (Lipinski definition) is 6. The van der Waals surface area contributed by atoms with E-state index in [9.17, 15) is 4.79 Å². The molecule has 4 aromatic rings. The van der Waals surface area contributed by atoms with Gasteiger partial charge in [0.05, 0.1) is 6.26 Å². The summed E-state index contributed by atoms with van der Waals surface area (Å²) in [7, 11) is 0. The lowest BCUT2D eigenvalue weighted by atomic mass is 10.2. The van der Waals surface area contributed by atoms with Crippen LogP contribution in [-0.2, 0) is 0 Å². The molecule has 3 heterocycles. The fourth-order valence-corrected chi connectivity index (χ4v) is 2.30. The average Bonchev–Trinajstić information content (AvgIpc) is 3.36. The van der Waals surface area contributed by atoms with Crippen LogP contribution in [0.1, 0.15) is 16.3 Å². The van der Waals surface area contributed by atoms with E-state index in [1.54, 1.807) is 55.7 Å². The number of aromatic nitrogens is 4. The van der Waals surface area contributed by atoms with Crippen LogP contribution in [0.2, 0.25) is 0 Å². The molecule has 124 valence electrons. The first kappa shape index (κ1) is 14.9. The van der Waals surface area contributed by atoms with E-state index in [1.165, 1.54) is 0 Å². The van der Waals surface area contributed by atoms with E-state index >= 15 is 0 Å². The number of carbonyl (C=O) groups excluding carboxylic acids is 1. The molecule has 0 saturated carbocycles. The van der Waals surface area contributed by atoms with Gasteiger partial charge in [-0.1, -0.05) is 5.16 Å². The summed E-state index contributed by atoms with van der Waals surface area (Å²) in [5.41, 5.74) is 2.31. The maximum atomic E-state index is 12.3. The second kappa shape index (κ2) is 6.08. The molecule has 25 heavy (non-hydrogen) atoms. The summed E-state index contributed by atoms with van der Waals surface area (Å²) in [5.74, 6) is 1.30. The van der Waals surface area contributed by atoms with Gasteiger partial charge in [0.15, 0.2) is 17.3 Å². The highest BCUT2D eigenvalue weighted by Gasteiger charge is 2.13. The van der Waals surface area contributed by atoms with Crippen molar-refractivity contribution in [2.75, 3.05) is 5.32 Å². The fourth-order valence-electron chi connectivity index (χ4n) is 2.30. The summed E-state index contributed by atoms with van der Waals surface area (Å²) in [5, 5.41) is 13.3. The van der Waals surface area contributed by atoms with Gasteiger partial charge in [0.1, 0.15) is 5.69 Å². The molecule has 0 aliphatic heterocycles. The van der Waals surface area contributed by atoms with Gasteiger partial charge in [-0.05, 0) is 43.3 Å². The van der Waals surface area contributed by atoms with E-state index in [2.05, 4.69) is 25.7 Å². The number of aryl methyl sites for hydroxylation is 1. The molecule has 8 nitrogen and oxygen atoms in total. The number of aromatic amines is 1. The second-order valence-electron chi connectivity index (χ2n) is 5.32. The first-order chi connectivity index (χ1) is 12.2. The molecule has 1 aromatic carbocycles. The Morgan fingerprint density at radius 3 is 2.72 bits per heavy atom. The van der Waals surface area contributed by atoms with Gasteiger partial charge >= 0.3 is 0 Å². The van der Waals surface area contributed by atoms with Gasteiger partial charge in [0.25, 0.3) is 11.8 Å². The second-order valence-corrected chi connectivity index (χ2v) is 5.32. The van der Waals surface area contributed by atoms with Crippen molar-refractivity contribution in [1.29, 1.82) is 0 Å². The molecule has 0 aliphatic rings. The predicted octanol–water partition coefficient (Wildman–Crippen LogP) is 3.28. The first-order valence-electron chi connectivity index (χ1n) is 7.50. The van der Waals surface area contributed by atoms with Crippen LogP contribution in [0, 0.1) is 6.92 Å². The Morgan fingerprint density at radius 2 is 2.04 bits per heavy atom. The van der Waals surface area contributed by atoms with Gasteiger partial charge in [-0.15, -0.1) is 0 Å². The summed E-state index contributed by atoms with van der Waals surface area (Å²) in [4.78, 5) is 16.4. The van der Waals surface area contributed by atoms with Crippen LogP contribution in [0.5, 0.6) is 0 Å². The molecule has 3 aromatic heterocycles. The molecular formula is C17H13N5O3. The smallest absolute Gasteiger partial charge is 0.276 e. The number of benzene rings is 1. The number of hydrogen-bond donors (Lipinski definition) is 2. The van der Waals surface area contributed by atoms with Gasteiger partial charge < -0.3 is 14.3 Å². The number of nitrogens with zero attached hydrogens (tertiary/aromatic N) is 3. The number of nitrogens with one attached hydrogen (secondary N) is 2. The van der Waals surface area contributed by atoms with Crippen molar-refractivity contribution in [2.45, 2.75) is 6.92 Å². The molecule has 8 heteroatoms. The van der Waals surface area contributed by atoms with E-state index in [-0.39, 0.29) is 11.6 Å². The van der Waals surface area contributed by atoms with Gasteiger partial charge in [0, 0.05) is 17.3 Å². The molecule has 0 unspecified atom stereocenters. The van der Waals surface area contributed by atoms with E-state index in [0.717, 1.165) is 5.56 Å². The molecule has 2 N–H and O–H groups in total. The maximum absolute atomic E-state index is 12.3. The van der Waals surface area contributed by atoms with Crippen LogP contribution in [0.15, 0.2) is 57.7 Å². The summed E-state index contributed by atoms with van der Waals surface area (Å²) < 4.78 is 10.4. The lowest BCUT2D eigenvalue weighted by Gasteiger charge is -2.03. The highest BCUT2D eigenvalue weighted by molar-refractivity contribution is 6.03. The minimum atomic E-state index is -0.324. The minimum absolute atomic E-state index is 0.267. The molecule has 0 fully saturated rings. The topological polar surface area (TPSA) is 110 Å². The SMILES string of the molecule is Cc1noc(-c2ccc(NC(=O)c3cc(-c4ccco4)[nH]n3)cc2)n1. The quantitative estimate of drug-likeness (QED) is 0.592. The van der Waals surface area contributed by atoms with Crippen molar-refractivity contribution in [2.24, 2.45) is 0 Å².